The monoisotopic (exact) mass is 532 g/mol. The van der Waals surface area contributed by atoms with Gasteiger partial charge in [0.1, 0.15) is 35.6 Å². The van der Waals surface area contributed by atoms with Gasteiger partial charge in [-0.15, -0.1) is 0 Å². The van der Waals surface area contributed by atoms with Gasteiger partial charge in [0, 0.05) is 43.9 Å². The number of pyridine rings is 1. The van der Waals surface area contributed by atoms with Crippen LogP contribution in [0, 0.1) is 11.6 Å². The molecule has 3 aromatic heterocycles. The minimum atomic E-state index is -4.56. The van der Waals surface area contributed by atoms with Crippen molar-refractivity contribution in [3.63, 3.8) is 0 Å². The minimum absolute atomic E-state index is 0.0140. The summed E-state index contributed by atoms with van der Waals surface area (Å²) in [6.07, 6.45) is -1.36. The highest BCUT2D eigenvalue weighted by Crippen LogP contribution is 2.36. The molecule has 1 atom stereocenters. The van der Waals surface area contributed by atoms with E-state index in [-0.39, 0.29) is 55.0 Å². The molecular weight excluding hydrogens is 511 g/mol. The fourth-order valence-corrected chi connectivity index (χ4v) is 5.35. The molecule has 13 heteroatoms. The van der Waals surface area contributed by atoms with Gasteiger partial charge in [0.25, 0.3) is 5.91 Å². The van der Waals surface area contributed by atoms with Crippen LogP contribution in [0.1, 0.15) is 34.9 Å². The molecule has 2 amide bonds. The van der Waals surface area contributed by atoms with Crippen molar-refractivity contribution in [2.75, 3.05) is 19.6 Å². The van der Waals surface area contributed by atoms with Gasteiger partial charge in [-0.3, -0.25) is 18.7 Å². The number of benzene rings is 1. The van der Waals surface area contributed by atoms with Crippen LogP contribution in [0.15, 0.2) is 42.7 Å². The molecule has 0 bridgehead atoms. The Morgan fingerprint density at radius 1 is 1.11 bits per heavy atom. The van der Waals surface area contributed by atoms with Gasteiger partial charge in [0.2, 0.25) is 5.91 Å². The Hall–Kier alpha value is -4.03. The molecule has 0 aliphatic carbocycles. The molecule has 0 spiro atoms. The molecule has 2 saturated heterocycles. The maximum absolute atomic E-state index is 14.9. The van der Waals surface area contributed by atoms with Crippen LogP contribution in [0.2, 0.25) is 0 Å². The summed E-state index contributed by atoms with van der Waals surface area (Å²) in [5.41, 5.74) is 1.16. The average molecular weight is 532 g/mol. The minimum Gasteiger partial charge on any atom is -0.336 e. The molecule has 5 heterocycles. The summed E-state index contributed by atoms with van der Waals surface area (Å²) in [5, 5.41) is 4.33. The van der Waals surface area contributed by atoms with E-state index in [9.17, 15) is 31.5 Å². The molecule has 198 valence electrons. The van der Waals surface area contributed by atoms with Crippen molar-refractivity contribution in [1.82, 2.24) is 29.0 Å². The number of carbonyl (C=O) groups excluding carboxylic acids is 2. The number of amides is 2. The molecule has 0 radical (unpaired) electrons. The number of likely N-dealkylation sites (tertiary alicyclic amines) is 2. The lowest BCUT2D eigenvalue weighted by Gasteiger charge is -2.38. The number of rotatable bonds is 4. The van der Waals surface area contributed by atoms with E-state index in [4.69, 9.17) is 0 Å². The van der Waals surface area contributed by atoms with Crippen LogP contribution in [0.4, 0.5) is 22.0 Å². The molecule has 4 aromatic rings. The maximum Gasteiger partial charge on any atom is 0.408 e. The molecule has 8 nitrogen and oxygen atoms in total. The Kier molecular flexibility index (Phi) is 5.61. The number of halogens is 5. The topological polar surface area (TPSA) is 75.7 Å². The first-order valence-electron chi connectivity index (χ1n) is 12.0. The Labute approximate surface area is 212 Å². The second-order valence-electron chi connectivity index (χ2n) is 9.59. The lowest BCUT2D eigenvalue weighted by atomic mass is 9.93. The van der Waals surface area contributed by atoms with Crippen LogP contribution in [0.3, 0.4) is 0 Å². The predicted molar refractivity (Wildman–Crippen MR) is 124 cm³/mol. The van der Waals surface area contributed by atoms with Gasteiger partial charge in [-0.2, -0.15) is 18.3 Å². The summed E-state index contributed by atoms with van der Waals surface area (Å²) < 4.78 is 71.8. The Morgan fingerprint density at radius 3 is 2.66 bits per heavy atom. The molecule has 0 N–H and O–H groups in total. The highest BCUT2D eigenvalue weighted by molar-refractivity contribution is 5.94. The zero-order chi connectivity index (χ0) is 26.8. The second kappa shape index (κ2) is 8.77. The second-order valence-corrected chi connectivity index (χ2v) is 9.59. The molecule has 2 aliphatic rings. The zero-order valence-electron chi connectivity index (χ0n) is 19.8. The Bertz CT molecular complexity index is 1570. The number of hydrogen-bond donors (Lipinski definition) is 0. The first kappa shape index (κ1) is 24.3. The molecule has 1 aromatic carbocycles. The largest absolute Gasteiger partial charge is 0.408 e. The Morgan fingerprint density at radius 2 is 1.89 bits per heavy atom. The normalized spacial score (nSPS) is 18.5. The number of hydrogen-bond acceptors (Lipinski definition) is 4. The van der Waals surface area contributed by atoms with Gasteiger partial charge >= 0.3 is 6.18 Å². The molecule has 38 heavy (non-hydrogen) atoms. The van der Waals surface area contributed by atoms with Gasteiger partial charge in [0.15, 0.2) is 0 Å². The van der Waals surface area contributed by atoms with Crippen molar-refractivity contribution in [1.29, 1.82) is 0 Å². The Balaban J connectivity index is 1.26. The van der Waals surface area contributed by atoms with E-state index in [1.165, 1.54) is 11.1 Å². The molecule has 0 saturated carbocycles. The van der Waals surface area contributed by atoms with Crippen LogP contribution in [0.25, 0.3) is 16.6 Å². The molecule has 2 aliphatic heterocycles. The van der Waals surface area contributed by atoms with Crippen molar-refractivity contribution in [3.8, 4) is 0 Å². The van der Waals surface area contributed by atoms with Crippen molar-refractivity contribution < 1.29 is 31.5 Å². The maximum atomic E-state index is 14.9. The quantitative estimate of drug-likeness (QED) is 0.376. The number of carbonyl (C=O) groups is 2. The highest BCUT2D eigenvalue weighted by Gasteiger charge is 2.47. The molecule has 2 fully saturated rings. The summed E-state index contributed by atoms with van der Waals surface area (Å²) in [6.45, 7) is -0.264. The highest BCUT2D eigenvalue weighted by atomic mass is 19.4. The van der Waals surface area contributed by atoms with Gasteiger partial charge in [-0.1, -0.05) is 6.07 Å². The van der Waals surface area contributed by atoms with E-state index in [1.807, 2.05) is 0 Å². The summed E-state index contributed by atoms with van der Waals surface area (Å²) in [4.78, 5) is 32.4. The van der Waals surface area contributed by atoms with Gasteiger partial charge in [-0.05, 0) is 25.0 Å². The van der Waals surface area contributed by atoms with E-state index < -0.39 is 42.2 Å². The molecule has 6 rings (SSSR count). The van der Waals surface area contributed by atoms with Crippen LogP contribution >= 0.6 is 0 Å². The number of alkyl halides is 3. The van der Waals surface area contributed by atoms with E-state index in [2.05, 4.69) is 10.1 Å². The number of nitrogens with zero attached hydrogens (tertiary/aromatic N) is 6. The lowest BCUT2D eigenvalue weighted by molar-refractivity contribution is -0.183. The van der Waals surface area contributed by atoms with E-state index in [1.54, 1.807) is 28.8 Å². The van der Waals surface area contributed by atoms with Gasteiger partial charge in [-0.25, -0.2) is 13.8 Å². The lowest BCUT2D eigenvalue weighted by Crippen LogP contribution is -2.49. The van der Waals surface area contributed by atoms with Crippen molar-refractivity contribution in [2.45, 2.75) is 37.5 Å². The van der Waals surface area contributed by atoms with E-state index in [0.29, 0.717) is 17.4 Å². The van der Waals surface area contributed by atoms with Crippen LogP contribution in [-0.2, 0) is 11.3 Å². The van der Waals surface area contributed by atoms with Crippen LogP contribution in [-0.4, -0.2) is 72.6 Å². The van der Waals surface area contributed by atoms with Crippen molar-refractivity contribution in [3.05, 3.63) is 65.7 Å². The summed E-state index contributed by atoms with van der Waals surface area (Å²) in [6, 6.07) is 5.14. The van der Waals surface area contributed by atoms with E-state index in [0.717, 1.165) is 15.6 Å². The number of fused-ring (bicyclic) bond motifs is 2. The van der Waals surface area contributed by atoms with Gasteiger partial charge < -0.3 is 9.80 Å². The summed E-state index contributed by atoms with van der Waals surface area (Å²) in [5.74, 6) is -3.31. The predicted octanol–water partition coefficient (Wildman–Crippen LogP) is 3.76. The van der Waals surface area contributed by atoms with Crippen molar-refractivity contribution >= 4 is 28.4 Å². The fourth-order valence-electron chi connectivity index (χ4n) is 5.35. The van der Waals surface area contributed by atoms with Crippen LogP contribution in [0.5, 0.6) is 0 Å². The standard InChI is InChI=1S/C25H21F5N6O2/c26-15-8-16(27)22-17(9-15)36(13-21(37)35-7-3-4-19(35)25(28,29)30)32-23(22)14-11-33(12-14)24(38)18-10-31-20-5-1-2-6-34(18)20/h1-2,5-6,8-10,14,19H,3-4,7,11-13H2/t19-/m0/s1. The van der Waals surface area contributed by atoms with Crippen molar-refractivity contribution in [2.24, 2.45) is 0 Å². The third-order valence-electron chi connectivity index (χ3n) is 7.22. The molecular formula is C25H21F5N6O2. The SMILES string of the molecule is O=C(c1cnc2ccccn12)N1CC(c2nn(CC(=O)N3CCC[C@H]3C(F)(F)F)c3cc(F)cc(F)c23)C1. The fraction of sp³-hybridized carbons (Fsp3) is 0.360. The number of imidazole rings is 1. The third-order valence-corrected chi connectivity index (χ3v) is 7.22. The average Bonchev–Trinajstić information content (AvgIpc) is 3.55. The number of aromatic nitrogens is 4. The zero-order valence-corrected chi connectivity index (χ0v) is 19.8. The van der Waals surface area contributed by atoms with Gasteiger partial charge in [0.05, 0.1) is 22.8 Å². The third kappa shape index (κ3) is 3.96. The van der Waals surface area contributed by atoms with Crippen LogP contribution < -0.4 is 0 Å². The summed E-state index contributed by atoms with van der Waals surface area (Å²) in [7, 11) is 0. The van der Waals surface area contributed by atoms with E-state index >= 15 is 0 Å². The first-order chi connectivity index (χ1) is 18.1. The molecule has 0 unspecified atom stereocenters. The first-order valence-corrected chi connectivity index (χ1v) is 12.0. The summed E-state index contributed by atoms with van der Waals surface area (Å²) >= 11 is 0. The smallest absolute Gasteiger partial charge is 0.336 e.